The summed E-state index contributed by atoms with van der Waals surface area (Å²) in [6, 6.07) is 7.83. The molecule has 1 aliphatic carbocycles. The van der Waals surface area contributed by atoms with E-state index in [0.29, 0.717) is 5.02 Å². The molecule has 3 unspecified atom stereocenters. The standard InChI is InChI=1S/C13H18ClNO/c1-3-13(2)11(15)8-12(13)16-10-7-5-4-6-9(10)14/h4-7,11-12H,3,8,15H2,1-2H3. The van der Waals surface area contributed by atoms with Gasteiger partial charge in [-0.05, 0) is 18.6 Å². The lowest BCUT2D eigenvalue weighted by Gasteiger charge is -2.51. The van der Waals surface area contributed by atoms with Crippen molar-refractivity contribution >= 4 is 11.6 Å². The zero-order chi connectivity index (χ0) is 11.8. The van der Waals surface area contributed by atoms with Crippen molar-refractivity contribution in [3.63, 3.8) is 0 Å². The molecule has 0 amide bonds. The summed E-state index contributed by atoms with van der Waals surface area (Å²) in [4.78, 5) is 0. The predicted octanol–water partition coefficient (Wildman–Crippen LogP) is 3.23. The Bertz CT molecular complexity index is 382. The molecule has 16 heavy (non-hydrogen) atoms. The van der Waals surface area contributed by atoms with Crippen molar-refractivity contribution in [1.29, 1.82) is 0 Å². The lowest BCUT2D eigenvalue weighted by atomic mass is 9.62. The second kappa shape index (κ2) is 4.27. The van der Waals surface area contributed by atoms with E-state index in [4.69, 9.17) is 22.1 Å². The molecule has 3 atom stereocenters. The zero-order valence-corrected chi connectivity index (χ0v) is 10.5. The van der Waals surface area contributed by atoms with Gasteiger partial charge in [0.05, 0.1) is 5.02 Å². The maximum absolute atomic E-state index is 6.07. The third-order valence-electron chi connectivity index (χ3n) is 3.92. The first-order valence-electron chi connectivity index (χ1n) is 5.74. The minimum Gasteiger partial charge on any atom is -0.488 e. The van der Waals surface area contributed by atoms with Gasteiger partial charge in [0.25, 0.3) is 0 Å². The van der Waals surface area contributed by atoms with E-state index in [1.807, 2.05) is 24.3 Å². The molecule has 0 bridgehead atoms. The van der Waals surface area contributed by atoms with Crippen molar-refractivity contribution in [3.05, 3.63) is 29.3 Å². The average molecular weight is 240 g/mol. The smallest absolute Gasteiger partial charge is 0.138 e. The zero-order valence-electron chi connectivity index (χ0n) is 9.74. The third-order valence-corrected chi connectivity index (χ3v) is 4.23. The van der Waals surface area contributed by atoms with Crippen LogP contribution in [0.4, 0.5) is 0 Å². The molecule has 1 saturated carbocycles. The Morgan fingerprint density at radius 3 is 2.75 bits per heavy atom. The molecule has 0 radical (unpaired) electrons. The number of ether oxygens (including phenoxy) is 1. The molecule has 2 rings (SSSR count). The molecular formula is C13H18ClNO. The molecular weight excluding hydrogens is 222 g/mol. The topological polar surface area (TPSA) is 35.2 Å². The van der Waals surface area contributed by atoms with Gasteiger partial charge in [0.1, 0.15) is 11.9 Å². The molecule has 1 aromatic rings. The molecule has 0 spiro atoms. The number of nitrogens with two attached hydrogens (primary N) is 1. The molecule has 0 aromatic heterocycles. The summed E-state index contributed by atoms with van der Waals surface area (Å²) in [7, 11) is 0. The van der Waals surface area contributed by atoms with Gasteiger partial charge in [-0.2, -0.15) is 0 Å². The van der Waals surface area contributed by atoms with Gasteiger partial charge in [0, 0.05) is 17.9 Å². The van der Waals surface area contributed by atoms with E-state index < -0.39 is 0 Å². The van der Waals surface area contributed by atoms with Gasteiger partial charge in [0.15, 0.2) is 0 Å². The first kappa shape index (κ1) is 11.7. The second-order valence-electron chi connectivity index (χ2n) is 4.74. The monoisotopic (exact) mass is 239 g/mol. The third kappa shape index (κ3) is 1.80. The minimum absolute atomic E-state index is 0.0825. The Morgan fingerprint density at radius 1 is 1.50 bits per heavy atom. The Hall–Kier alpha value is -0.730. The van der Waals surface area contributed by atoms with Gasteiger partial charge in [-0.3, -0.25) is 0 Å². The van der Waals surface area contributed by atoms with Crippen LogP contribution in [0.25, 0.3) is 0 Å². The number of para-hydroxylation sites is 1. The van der Waals surface area contributed by atoms with Gasteiger partial charge in [-0.15, -0.1) is 0 Å². The first-order valence-corrected chi connectivity index (χ1v) is 6.12. The van der Waals surface area contributed by atoms with Crippen LogP contribution in [0.5, 0.6) is 5.75 Å². The molecule has 0 heterocycles. The summed E-state index contributed by atoms with van der Waals surface area (Å²) in [6.45, 7) is 4.34. The molecule has 0 aliphatic heterocycles. The van der Waals surface area contributed by atoms with E-state index in [-0.39, 0.29) is 17.6 Å². The SMILES string of the molecule is CCC1(C)C(N)CC1Oc1ccccc1Cl. The fourth-order valence-electron chi connectivity index (χ4n) is 2.21. The van der Waals surface area contributed by atoms with Crippen molar-refractivity contribution < 1.29 is 4.74 Å². The van der Waals surface area contributed by atoms with Crippen LogP contribution in [-0.4, -0.2) is 12.1 Å². The van der Waals surface area contributed by atoms with Gasteiger partial charge >= 0.3 is 0 Å². The van der Waals surface area contributed by atoms with E-state index in [2.05, 4.69) is 13.8 Å². The Balaban J connectivity index is 2.10. The van der Waals surface area contributed by atoms with Crippen molar-refractivity contribution in [3.8, 4) is 5.75 Å². The summed E-state index contributed by atoms with van der Waals surface area (Å²) >= 11 is 6.07. The molecule has 2 nitrogen and oxygen atoms in total. The highest BCUT2D eigenvalue weighted by Gasteiger charge is 2.50. The highest BCUT2D eigenvalue weighted by atomic mass is 35.5. The number of halogens is 1. The summed E-state index contributed by atoms with van der Waals surface area (Å²) in [5.41, 5.74) is 6.12. The maximum atomic E-state index is 6.07. The van der Waals surface area contributed by atoms with Crippen LogP contribution in [0.1, 0.15) is 26.7 Å². The van der Waals surface area contributed by atoms with Crippen LogP contribution >= 0.6 is 11.6 Å². The van der Waals surface area contributed by atoms with Crippen molar-refractivity contribution in [2.45, 2.75) is 38.8 Å². The molecule has 88 valence electrons. The molecule has 3 heteroatoms. The first-order chi connectivity index (χ1) is 7.58. The minimum atomic E-state index is 0.0825. The van der Waals surface area contributed by atoms with Crippen LogP contribution < -0.4 is 10.5 Å². The van der Waals surface area contributed by atoms with E-state index in [1.54, 1.807) is 0 Å². The highest BCUT2D eigenvalue weighted by molar-refractivity contribution is 6.32. The van der Waals surface area contributed by atoms with E-state index in [1.165, 1.54) is 0 Å². The number of hydrogen-bond donors (Lipinski definition) is 1. The van der Waals surface area contributed by atoms with E-state index in [0.717, 1.165) is 18.6 Å². The number of rotatable bonds is 3. The second-order valence-corrected chi connectivity index (χ2v) is 5.15. The fourth-order valence-corrected chi connectivity index (χ4v) is 2.39. The molecule has 1 fully saturated rings. The summed E-state index contributed by atoms with van der Waals surface area (Å²) in [6.07, 6.45) is 2.13. The lowest BCUT2D eigenvalue weighted by molar-refractivity contribution is -0.0559. The maximum Gasteiger partial charge on any atom is 0.138 e. The molecule has 1 aliphatic rings. The van der Waals surface area contributed by atoms with Crippen LogP contribution in [-0.2, 0) is 0 Å². The average Bonchev–Trinajstić information content (AvgIpc) is 2.30. The lowest BCUT2D eigenvalue weighted by Crippen LogP contribution is -2.61. The Kier molecular flexibility index (Phi) is 3.13. The summed E-state index contributed by atoms with van der Waals surface area (Å²) in [5.74, 6) is 0.765. The quantitative estimate of drug-likeness (QED) is 0.879. The predicted molar refractivity (Wildman–Crippen MR) is 66.9 cm³/mol. The van der Waals surface area contributed by atoms with E-state index >= 15 is 0 Å². The van der Waals surface area contributed by atoms with Crippen molar-refractivity contribution in [2.24, 2.45) is 11.1 Å². The van der Waals surface area contributed by atoms with E-state index in [9.17, 15) is 0 Å². The highest BCUT2D eigenvalue weighted by Crippen LogP contribution is 2.45. The van der Waals surface area contributed by atoms with Crippen molar-refractivity contribution in [1.82, 2.24) is 0 Å². The van der Waals surface area contributed by atoms with Gasteiger partial charge < -0.3 is 10.5 Å². The summed E-state index contributed by atoms with van der Waals surface area (Å²) in [5, 5.41) is 0.668. The Morgan fingerprint density at radius 2 is 2.19 bits per heavy atom. The Labute approximate surface area is 102 Å². The van der Waals surface area contributed by atoms with Gasteiger partial charge in [0.2, 0.25) is 0 Å². The normalized spacial score (nSPS) is 33.2. The number of benzene rings is 1. The molecule has 0 saturated heterocycles. The summed E-state index contributed by atoms with van der Waals surface area (Å²) < 4.78 is 5.95. The number of hydrogen-bond acceptors (Lipinski definition) is 2. The van der Waals surface area contributed by atoms with Gasteiger partial charge in [-0.1, -0.05) is 37.6 Å². The largest absolute Gasteiger partial charge is 0.488 e. The van der Waals surface area contributed by atoms with Gasteiger partial charge in [-0.25, -0.2) is 0 Å². The van der Waals surface area contributed by atoms with Crippen LogP contribution in [0.2, 0.25) is 5.02 Å². The van der Waals surface area contributed by atoms with Crippen LogP contribution in [0.15, 0.2) is 24.3 Å². The fraction of sp³-hybridized carbons (Fsp3) is 0.538. The molecule has 1 aromatic carbocycles. The van der Waals surface area contributed by atoms with Crippen LogP contribution in [0.3, 0.4) is 0 Å². The van der Waals surface area contributed by atoms with Crippen molar-refractivity contribution in [2.75, 3.05) is 0 Å². The van der Waals surface area contributed by atoms with Crippen LogP contribution in [0, 0.1) is 5.41 Å². The molecule has 2 N–H and O–H groups in total.